The molecule has 0 aliphatic carbocycles. The lowest BCUT2D eigenvalue weighted by Gasteiger charge is -2.16. The Hall–Kier alpha value is -2.12. The minimum absolute atomic E-state index is 0.0200. The fraction of sp³-hybridized carbons (Fsp3) is 0.368. The number of nitrogens with one attached hydrogen (secondary N) is 1. The molecule has 0 saturated heterocycles. The summed E-state index contributed by atoms with van der Waals surface area (Å²) < 4.78 is 0. The average Bonchev–Trinajstić information content (AvgIpc) is 2.60. The van der Waals surface area contributed by atoms with E-state index < -0.39 is 17.9 Å². The van der Waals surface area contributed by atoms with Gasteiger partial charge in [0.05, 0.1) is 11.2 Å². The quantitative estimate of drug-likeness (QED) is 0.508. The molecule has 2 rings (SSSR count). The molecule has 0 fully saturated rings. The molecule has 0 spiro atoms. The second-order valence-corrected chi connectivity index (χ2v) is 7.97. The number of aromatic nitrogens is 2. The Bertz CT molecular complexity index is 830. The van der Waals surface area contributed by atoms with Crippen LogP contribution in [0.25, 0.3) is 0 Å². The van der Waals surface area contributed by atoms with Crippen molar-refractivity contribution < 1.29 is 14.7 Å². The molecule has 1 aromatic heterocycles. The molecule has 144 valence electrons. The second-order valence-electron chi connectivity index (χ2n) is 6.62. The van der Waals surface area contributed by atoms with E-state index in [0.717, 1.165) is 11.1 Å². The monoisotopic (exact) mass is 407 g/mol. The van der Waals surface area contributed by atoms with Crippen molar-refractivity contribution in [2.75, 3.05) is 0 Å². The van der Waals surface area contributed by atoms with E-state index in [1.165, 1.54) is 18.0 Å². The molecular formula is C19H22ClN3O3S. The third-order valence-corrected chi connectivity index (χ3v) is 4.91. The second kappa shape index (κ2) is 9.71. The normalized spacial score (nSPS) is 12.0. The average molecular weight is 408 g/mol. The molecule has 0 radical (unpaired) electrons. The first-order chi connectivity index (χ1) is 12.8. The Morgan fingerprint density at radius 1 is 1.33 bits per heavy atom. The molecule has 0 bridgehead atoms. The lowest BCUT2D eigenvalue weighted by Crippen LogP contribution is -2.42. The predicted octanol–water partition coefficient (Wildman–Crippen LogP) is 3.96. The van der Waals surface area contributed by atoms with Gasteiger partial charge in [0.2, 0.25) is 0 Å². The number of hydrogen-bond donors (Lipinski definition) is 2. The van der Waals surface area contributed by atoms with Crippen molar-refractivity contribution in [3.05, 3.63) is 52.3 Å². The van der Waals surface area contributed by atoms with Gasteiger partial charge in [0, 0.05) is 5.75 Å². The molecule has 8 heteroatoms. The number of hydrogen-bond acceptors (Lipinski definition) is 5. The number of carbonyl (C=O) groups excluding carboxylic acids is 1. The highest BCUT2D eigenvalue weighted by molar-refractivity contribution is 7.98. The van der Waals surface area contributed by atoms with Gasteiger partial charge < -0.3 is 10.4 Å². The van der Waals surface area contributed by atoms with Crippen molar-refractivity contribution in [2.45, 2.75) is 44.1 Å². The summed E-state index contributed by atoms with van der Waals surface area (Å²) >= 11 is 7.44. The SMILES string of the molecule is Cc1cccc(CSc2ncc(Cl)c(C(=O)N[C@@H](CC(C)C)C(=O)O)n2)c1. The molecule has 0 aliphatic rings. The number of carboxylic acids is 1. The van der Waals surface area contributed by atoms with Gasteiger partial charge in [-0.25, -0.2) is 14.8 Å². The number of amides is 1. The van der Waals surface area contributed by atoms with Crippen LogP contribution in [-0.2, 0) is 10.5 Å². The van der Waals surface area contributed by atoms with Crippen LogP contribution in [0, 0.1) is 12.8 Å². The number of carboxylic acid groups (broad SMARTS) is 1. The Morgan fingerprint density at radius 2 is 2.07 bits per heavy atom. The van der Waals surface area contributed by atoms with E-state index in [1.54, 1.807) is 0 Å². The van der Waals surface area contributed by atoms with Crippen molar-refractivity contribution in [3.63, 3.8) is 0 Å². The van der Waals surface area contributed by atoms with E-state index in [1.807, 2.05) is 39.0 Å². The van der Waals surface area contributed by atoms with Crippen LogP contribution in [0.15, 0.2) is 35.6 Å². The van der Waals surface area contributed by atoms with Crippen molar-refractivity contribution in [3.8, 4) is 0 Å². The maximum Gasteiger partial charge on any atom is 0.326 e. The lowest BCUT2D eigenvalue weighted by atomic mass is 10.0. The van der Waals surface area contributed by atoms with Gasteiger partial charge in [-0.2, -0.15) is 0 Å². The summed E-state index contributed by atoms with van der Waals surface area (Å²) in [5.41, 5.74) is 2.26. The van der Waals surface area contributed by atoms with Gasteiger partial charge in [0.25, 0.3) is 5.91 Å². The molecule has 6 nitrogen and oxygen atoms in total. The highest BCUT2D eigenvalue weighted by atomic mass is 35.5. The Balaban J connectivity index is 2.11. The molecule has 1 amide bonds. The molecular weight excluding hydrogens is 386 g/mol. The number of halogens is 1. The Morgan fingerprint density at radius 3 is 2.70 bits per heavy atom. The fourth-order valence-electron chi connectivity index (χ4n) is 2.45. The minimum Gasteiger partial charge on any atom is -0.480 e. The van der Waals surface area contributed by atoms with Crippen LogP contribution < -0.4 is 5.32 Å². The molecule has 27 heavy (non-hydrogen) atoms. The van der Waals surface area contributed by atoms with Crippen LogP contribution in [0.5, 0.6) is 0 Å². The Kier molecular flexibility index (Phi) is 7.62. The molecule has 1 atom stereocenters. The maximum atomic E-state index is 12.5. The number of thioether (sulfide) groups is 1. The molecule has 0 saturated carbocycles. The van der Waals surface area contributed by atoms with Gasteiger partial charge in [-0.1, -0.05) is 67.0 Å². The molecule has 0 unspecified atom stereocenters. The molecule has 2 N–H and O–H groups in total. The molecule has 0 aliphatic heterocycles. The number of rotatable bonds is 8. The summed E-state index contributed by atoms with van der Waals surface area (Å²) in [5.74, 6) is -0.938. The zero-order chi connectivity index (χ0) is 20.0. The highest BCUT2D eigenvalue weighted by Gasteiger charge is 2.24. The van der Waals surface area contributed by atoms with Crippen molar-refractivity contribution >= 4 is 35.2 Å². The van der Waals surface area contributed by atoms with Crippen molar-refractivity contribution in [1.82, 2.24) is 15.3 Å². The summed E-state index contributed by atoms with van der Waals surface area (Å²) in [6.45, 7) is 5.80. The van der Waals surface area contributed by atoms with E-state index in [9.17, 15) is 14.7 Å². The minimum atomic E-state index is -1.09. The first-order valence-corrected chi connectivity index (χ1v) is 9.87. The number of nitrogens with zero attached hydrogens (tertiary/aromatic N) is 2. The van der Waals surface area contributed by atoms with Crippen LogP contribution in [-0.4, -0.2) is 33.0 Å². The van der Waals surface area contributed by atoms with E-state index in [-0.39, 0.29) is 16.6 Å². The van der Waals surface area contributed by atoms with E-state index in [4.69, 9.17) is 11.6 Å². The fourth-order valence-corrected chi connectivity index (χ4v) is 3.38. The highest BCUT2D eigenvalue weighted by Crippen LogP contribution is 2.22. The van der Waals surface area contributed by atoms with Crippen LogP contribution in [0.1, 0.15) is 41.9 Å². The summed E-state index contributed by atoms with van der Waals surface area (Å²) in [6, 6.07) is 7.08. The van der Waals surface area contributed by atoms with Crippen LogP contribution >= 0.6 is 23.4 Å². The summed E-state index contributed by atoms with van der Waals surface area (Å²) in [7, 11) is 0. The summed E-state index contributed by atoms with van der Waals surface area (Å²) in [6.07, 6.45) is 1.68. The van der Waals surface area contributed by atoms with E-state index >= 15 is 0 Å². The van der Waals surface area contributed by atoms with Gasteiger partial charge in [0.1, 0.15) is 6.04 Å². The molecule has 2 aromatic rings. The number of aliphatic carboxylic acids is 1. The topological polar surface area (TPSA) is 92.2 Å². The van der Waals surface area contributed by atoms with Gasteiger partial charge in [0.15, 0.2) is 10.9 Å². The maximum absolute atomic E-state index is 12.5. The third kappa shape index (κ3) is 6.52. The van der Waals surface area contributed by atoms with E-state index in [0.29, 0.717) is 17.3 Å². The standard InChI is InChI=1S/C19H22ClN3O3S/c1-11(2)7-15(18(25)26)22-17(24)16-14(20)9-21-19(23-16)27-10-13-6-4-5-12(3)8-13/h4-6,8-9,11,15H,7,10H2,1-3H3,(H,22,24)(H,25,26)/t15-/m0/s1. The number of carbonyl (C=O) groups is 2. The van der Waals surface area contributed by atoms with Gasteiger partial charge in [-0.15, -0.1) is 0 Å². The zero-order valence-corrected chi connectivity index (χ0v) is 17.0. The first-order valence-electron chi connectivity index (χ1n) is 8.50. The number of benzene rings is 1. The predicted molar refractivity (Wildman–Crippen MR) is 106 cm³/mol. The molecule has 1 heterocycles. The van der Waals surface area contributed by atoms with Crippen molar-refractivity contribution in [2.24, 2.45) is 5.92 Å². The van der Waals surface area contributed by atoms with Gasteiger partial charge in [-0.3, -0.25) is 4.79 Å². The largest absolute Gasteiger partial charge is 0.480 e. The van der Waals surface area contributed by atoms with Crippen LogP contribution in [0.2, 0.25) is 5.02 Å². The summed E-state index contributed by atoms with van der Waals surface area (Å²) in [5, 5.41) is 12.3. The van der Waals surface area contributed by atoms with Crippen LogP contribution in [0.3, 0.4) is 0 Å². The third-order valence-electron chi connectivity index (χ3n) is 3.70. The number of aryl methyl sites for hydroxylation is 1. The molecule has 1 aromatic carbocycles. The van der Waals surface area contributed by atoms with Crippen molar-refractivity contribution in [1.29, 1.82) is 0 Å². The van der Waals surface area contributed by atoms with Crippen LogP contribution in [0.4, 0.5) is 0 Å². The first kappa shape index (κ1) is 21.2. The summed E-state index contributed by atoms with van der Waals surface area (Å²) in [4.78, 5) is 32.2. The smallest absolute Gasteiger partial charge is 0.326 e. The zero-order valence-electron chi connectivity index (χ0n) is 15.4. The van der Waals surface area contributed by atoms with Gasteiger partial charge >= 0.3 is 5.97 Å². The van der Waals surface area contributed by atoms with Gasteiger partial charge in [-0.05, 0) is 24.8 Å². The Labute approximate surface area is 167 Å². The van der Waals surface area contributed by atoms with E-state index in [2.05, 4.69) is 21.4 Å². The lowest BCUT2D eigenvalue weighted by molar-refractivity contribution is -0.139.